The van der Waals surface area contributed by atoms with E-state index in [1.54, 1.807) is 0 Å². The van der Waals surface area contributed by atoms with Gasteiger partial charge in [-0.15, -0.1) is 0 Å². The number of hydrogen-bond acceptors (Lipinski definition) is 2. The van der Waals surface area contributed by atoms with Crippen LogP contribution in [0.15, 0.2) is 30.3 Å². The molecule has 0 radical (unpaired) electrons. The molecule has 0 heterocycles. The molecule has 0 aliphatic heterocycles. The van der Waals surface area contributed by atoms with Crippen LogP contribution in [0.5, 0.6) is 0 Å². The zero-order valence-electron chi connectivity index (χ0n) is 12.7. The van der Waals surface area contributed by atoms with Crippen molar-refractivity contribution >= 4 is 12.6 Å². The lowest BCUT2D eigenvalue weighted by Gasteiger charge is -2.32. The van der Waals surface area contributed by atoms with Gasteiger partial charge >= 0.3 is 0 Å². The molecule has 1 nitrogen and oxygen atoms in total. The molecule has 0 aliphatic carbocycles. The minimum Gasteiger partial charge on any atom is -0.300 e. The zero-order valence-corrected chi connectivity index (χ0v) is 13.6. The first-order chi connectivity index (χ1) is 9.22. The van der Waals surface area contributed by atoms with Crippen LogP contribution >= 0.6 is 12.6 Å². The Morgan fingerprint density at radius 3 is 2.37 bits per heavy atom. The molecule has 0 amide bonds. The average Bonchev–Trinajstić information content (AvgIpc) is 2.47. The van der Waals surface area contributed by atoms with Crippen LogP contribution in [0.1, 0.15) is 51.5 Å². The SMILES string of the molecule is CCCCN(CC(CS)c1ccccc1)C(C)CC. The van der Waals surface area contributed by atoms with Gasteiger partial charge in [0.2, 0.25) is 0 Å². The van der Waals surface area contributed by atoms with Gasteiger partial charge in [0, 0.05) is 18.5 Å². The lowest BCUT2D eigenvalue weighted by Crippen LogP contribution is -2.37. The largest absolute Gasteiger partial charge is 0.300 e. The van der Waals surface area contributed by atoms with Crippen LogP contribution in [0.3, 0.4) is 0 Å². The van der Waals surface area contributed by atoms with E-state index >= 15 is 0 Å². The molecule has 1 aromatic carbocycles. The van der Waals surface area contributed by atoms with Crippen molar-refractivity contribution in [2.45, 2.75) is 52.0 Å². The first-order valence-corrected chi connectivity index (χ1v) is 8.26. The maximum Gasteiger partial charge on any atom is 0.00645 e. The van der Waals surface area contributed by atoms with Crippen LogP contribution in [0.25, 0.3) is 0 Å². The van der Waals surface area contributed by atoms with Crippen molar-refractivity contribution < 1.29 is 0 Å². The van der Waals surface area contributed by atoms with Crippen LogP contribution in [0.4, 0.5) is 0 Å². The van der Waals surface area contributed by atoms with Crippen molar-refractivity contribution in [3.63, 3.8) is 0 Å². The highest BCUT2D eigenvalue weighted by Crippen LogP contribution is 2.20. The molecular weight excluding hydrogens is 250 g/mol. The second-order valence-corrected chi connectivity index (χ2v) is 5.76. The van der Waals surface area contributed by atoms with Crippen LogP contribution in [0.2, 0.25) is 0 Å². The topological polar surface area (TPSA) is 3.24 Å². The van der Waals surface area contributed by atoms with Gasteiger partial charge < -0.3 is 4.90 Å². The molecule has 0 saturated heterocycles. The maximum absolute atomic E-state index is 4.56. The van der Waals surface area contributed by atoms with Gasteiger partial charge in [-0.25, -0.2) is 0 Å². The summed E-state index contributed by atoms with van der Waals surface area (Å²) in [6, 6.07) is 11.5. The van der Waals surface area contributed by atoms with Crippen molar-refractivity contribution in [2.75, 3.05) is 18.8 Å². The van der Waals surface area contributed by atoms with Gasteiger partial charge in [-0.3, -0.25) is 0 Å². The molecule has 0 N–H and O–H groups in total. The average molecular weight is 279 g/mol. The van der Waals surface area contributed by atoms with Crippen molar-refractivity contribution in [2.24, 2.45) is 0 Å². The van der Waals surface area contributed by atoms with E-state index < -0.39 is 0 Å². The molecule has 1 aromatic rings. The molecule has 2 atom stereocenters. The van der Waals surface area contributed by atoms with Crippen LogP contribution in [-0.4, -0.2) is 29.8 Å². The Kier molecular flexibility index (Phi) is 8.24. The van der Waals surface area contributed by atoms with E-state index in [2.05, 4.69) is 68.6 Å². The molecule has 2 heteroatoms. The van der Waals surface area contributed by atoms with E-state index in [1.165, 1.54) is 31.4 Å². The lowest BCUT2D eigenvalue weighted by molar-refractivity contribution is 0.192. The number of rotatable bonds is 9. The summed E-state index contributed by atoms with van der Waals surface area (Å²) in [6.45, 7) is 9.23. The second-order valence-electron chi connectivity index (χ2n) is 5.40. The molecule has 19 heavy (non-hydrogen) atoms. The first kappa shape index (κ1) is 16.6. The van der Waals surface area contributed by atoms with Crippen molar-refractivity contribution in [1.29, 1.82) is 0 Å². The smallest absolute Gasteiger partial charge is 0.00645 e. The fraction of sp³-hybridized carbons (Fsp3) is 0.647. The normalized spacial score (nSPS) is 14.6. The third kappa shape index (κ3) is 5.58. The predicted octanol–water partition coefficient (Wildman–Crippen LogP) is 4.60. The fourth-order valence-electron chi connectivity index (χ4n) is 2.39. The molecule has 0 bridgehead atoms. The third-order valence-corrected chi connectivity index (χ3v) is 4.40. The molecule has 1 rings (SSSR count). The minimum absolute atomic E-state index is 0.537. The summed E-state index contributed by atoms with van der Waals surface area (Å²) in [6.07, 6.45) is 3.78. The van der Waals surface area contributed by atoms with Gasteiger partial charge in [-0.2, -0.15) is 12.6 Å². The number of benzene rings is 1. The standard InChI is InChI=1S/C17H29NS/c1-4-6-12-18(15(3)5-2)13-17(14-19)16-10-8-7-9-11-16/h7-11,15,17,19H,4-6,12-14H2,1-3H3. The van der Waals surface area contributed by atoms with Crippen LogP contribution in [0, 0.1) is 0 Å². The fourth-order valence-corrected chi connectivity index (χ4v) is 2.71. The molecular formula is C17H29NS. The van der Waals surface area contributed by atoms with Crippen molar-refractivity contribution in [3.05, 3.63) is 35.9 Å². The number of unbranched alkanes of at least 4 members (excludes halogenated alkanes) is 1. The second kappa shape index (κ2) is 9.44. The van der Waals surface area contributed by atoms with Gasteiger partial charge in [-0.1, -0.05) is 50.6 Å². The highest BCUT2D eigenvalue weighted by atomic mass is 32.1. The summed E-state index contributed by atoms with van der Waals surface area (Å²) in [5.41, 5.74) is 1.42. The number of nitrogens with zero attached hydrogens (tertiary/aromatic N) is 1. The Bertz CT molecular complexity index is 325. The summed E-state index contributed by atoms with van der Waals surface area (Å²) in [5, 5.41) is 0. The Balaban J connectivity index is 2.69. The summed E-state index contributed by atoms with van der Waals surface area (Å²) in [4.78, 5) is 2.64. The molecule has 0 spiro atoms. The van der Waals surface area contributed by atoms with Gasteiger partial charge in [0.1, 0.15) is 0 Å². The Hall–Kier alpha value is -0.470. The number of thiol groups is 1. The number of hydrogen-bond donors (Lipinski definition) is 1. The molecule has 0 aliphatic rings. The van der Waals surface area contributed by atoms with Crippen LogP contribution < -0.4 is 0 Å². The summed E-state index contributed by atoms with van der Waals surface area (Å²) in [5.74, 6) is 1.46. The quantitative estimate of drug-likeness (QED) is 0.647. The maximum atomic E-state index is 4.56. The molecule has 0 saturated carbocycles. The van der Waals surface area contributed by atoms with Gasteiger partial charge in [-0.05, 0) is 37.6 Å². The van der Waals surface area contributed by atoms with E-state index in [-0.39, 0.29) is 0 Å². The summed E-state index contributed by atoms with van der Waals surface area (Å²) in [7, 11) is 0. The Labute approximate surface area is 124 Å². The molecule has 108 valence electrons. The Morgan fingerprint density at radius 2 is 1.84 bits per heavy atom. The van der Waals surface area contributed by atoms with Gasteiger partial charge in [0.05, 0.1) is 0 Å². The molecule has 0 aromatic heterocycles. The van der Waals surface area contributed by atoms with Crippen molar-refractivity contribution in [3.8, 4) is 0 Å². The Morgan fingerprint density at radius 1 is 1.16 bits per heavy atom. The van der Waals surface area contributed by atoms with Gasteiger partial charge in [0.15, 0.2) is 0 Å². The third-order valence-electron chi connectivity index (χ3n) is 3.96. The molecule has 0 fully saturated rings. The minimum atomic E-state index is 0.537. The van der Waals surface area contributed by atoms with E-state index in [1.807, 2.05) is 0 Å². The highest BCUT2D eigenvalue weighted by Gasteiger charge is 2.18. The first-order valence-electron chi connectivity index (χ1n) is 7.62. The highest BCUT2D eigenvalue weighted by molar-refractivity contribution is 7.80. The monoisotopic (exact) mass is 279 g/mol. The predicted molar refractivity (Wildman–Crippen MR) is 89.3 cm³/mol. The van der Waals surface area contributed by atoms with Crippen molar-refractivity contribution in [1.82, 2.24) is 4.90 Å². The summed E-state index contributed by atoms with van der Waals surface area (Å²) >= 11 is 4.56. The van der Waals surface area contributed by atoms with E-state index in [0.717, 1.165) is 12.3 Å². The van der Waals surface area contributed by atoms with E-state index in [0.29, 0.717) is 12.0 Å². The van der Waals surface area contributed by atoms with Crippen LogP contribution in [-0.2, 0) is 0 Å². The van der Waals surface area contributed by atoms with E-state index in [9.17, 15) is 0 Å². The lowest BCUT2D eigenvalue weighted by atomic mass is 9.99. The zero-order chi connectivity index (χ0) is 14.1. The van der Waals surface area contributed by atoms with E-state index in [4.69, 9.17) is 0 Å². The summed E-state index contributed by atoms with van der Waals surface area (Å²) < 4.78 is 0. The molecule has 2 unspecified atom stereocenters. The van der Waals surface area contributed by atoms with Gasteiger partial charge in [0.25, 0.3) is 0 Å².